The van der Waals surface area contributed by atoms with Gasteiger partial charge in [0.2, 0.25) is 6.10 Å². The number of Topliss-reactive ketones (excluding diaryl/α,β-unsaturated/α-hetero) is 1. The average molecular weight is 756 g/mol. The van der Waals surface area contributed by atoms with Gasteiger partial charge in [0.15, 0.2) is 18.1 Å². The molecule has 15 nitrogen and oxygen atoms in total. The van der Waals surface area contributed by atoms with E-state index < -0.39 is 114 Å². The highest BCUT2D eigenvalue weighted by molar-refractivity contribution is 5.96. The van der Waals surface area contributed by atoms with E-state index in [0.29, 0.717) is 16.7 Å². The van der Waals surface area contributed by atoms with Gasteiger partial charge in [0.05, 0.1) is 31.8 Å². The first-order valence-corrected chi connectivity index (χ1v) is 18.0. The van der Waals surface area contributed by atoms with Crippen molar-refractivity contribution in [2.24, 2.45) is 34.5 Å². The fourth-order valence-electron chi connectivity index (χ4n) is 9.73. The summed E-state index contributed by atoms with van der Waals surface area (Å²) >= 11 is 0. The molecule has 3 aliphatic carbocycles. The third-order valence-corrected chi connectivity index (χ3v) is 11.9. The Balaban J connectivity index is 1.53. The molecule has 0 bridgehead atoms. The van der Waals surface area contributed by atoms with Gasteiger partial charge in [-0.1, -0.05) is 42.8 Å². The van der Waals surface area contributed by atoms with Crippen molar-refractivity contribution in [1.82, 2.24) is 5.32 Å². The van der Waals surface area contributed by atoms with Crippen LogP contribution in [-0.4, -0.2) is 107 Å². The van der Waals surface area contributed by atoms with Crippen LogP contribution in [0.1, 0.15) is 58.9 Å². The second kappa shape index (κ2) is 16.0. The van der Waals surface area contributed by atoms with E-state index in [1.807, 2.05) is 0 Å². The maximum Gasteiger partial charge on any atom is 0.348 e. The summed E-state index contributed by atoms with van der Waals surface area (Å²) in [4.78, 5) is 79.3. The molecule has 54 heavy (non-hydrogen) atoms. The highest BCUT2D eigenvalue weighted by Crippen LogP contribution is 2.67. The van der Waals surface area contributed by atoms with E-state index in [-0.39, 0.29) is 37.9 Å². The number of fused-ring (bicyclic) bond motifs is 2. The highest BCUT2D eigenvalue weighted by Gasteiger charge is 2.73. The number of amides is 1. The molecule has 1 aromatic carbocycles. The van der Waals surface area contributed by atoms with Crippen LogP contribution in [0.25, 0.3) is 0 Å². The normalized spacial score (nSPS) is 33.7. The molecule has 294 valence electrons. The minimum atomic E-state index is -1.72. The second-order valence-electron chi connectivity index (χ2n) is 15.4. The van der Waals surface area contributed by atoms with Crippen LogP contribution in [0.4, 0.5) is 0 Å². The van der Waals surface area contributed by atoms with Crippen molar-refractivity contribution in [3.63, 3.8) is 0 Å². The molecule has 3 fully saturated rings. The number of carbonyl (C=O) groups is 6. The number of nitrogens with one attached hydrogen (secondary N) is 1. The van der Waals surface area contributed by atoms with E-state index >= 15 is 0 Å². The highest BCUT2D eigenvalue weighted by atomic mass is 16.6. The first-order valence-electron chi connectivity index (χ1n) is 18.0. The average Bonchev–Trinajstić information content (AvgIpc) is 3.10. The van der Waals surface area contributed by atoms with Crippen molar-refractivity contribution in [2.45, 2.75) is 90.3 Å². The molecule has 11 atom stereocenters. The number of aliphatic hydroxyl groups is 3. The van der Waals surface area contributed by atoms with Crippen molar-refractivity contribution < 1.29 is 68.1 Å². The number of hydrogen-bond donors (Lipinski definition) is 5. The van der Waals surface area contributed by atoms with Crippen LogP contribution in [0.5, 0.6) is 0 Å². The molecular formula is C39H49NO14. The van der Waals surface area contributed by atoms with Crippen LogP contribution in [0, 0.1) is 34.5 Å². The molecule has 2 unspecified atom stereocenters. The van der Waals surface area contributed by atoms with E-state index in [1.54, 1.807) is 58.0 Å². The Morgan fingerprint density at radius 3 is 2.39 bits per heavy atom. The van der Waals surface area contributed by atoms with Crippen molar-refractivity contribution >= 4 is 35.6 Å². The summed E-state index contributed by atoms with van der Waals surface area (Å²) in [5.74, 6) is -9.80. The van der Waals surface area contributed by atoms with E-state index in [1.165, 1.54) is 0 Å². The van der Waals surface area contributed by atoms with Crippen LogP contribution in [0.15, 0.2) is 53.3 Å². The zero-order chi connectivity index (χ0) is 39.7. The van der Waals surface area contributed by atoms with Gasteiger partial charge in [-0.3, -0.25) is 14.4 Å². The Kier molecular flexibility index (Phi) is 12.0. The van der Waals surface area contributed by atoms with Crippen molar-refractivity contribution in [2.75, 3.05) is 20.3 Å². The second-order valence-corrected chi connectivity index (χ2v) is 15.4. The van der Waals surface area contributed by atoms with Gasteiger partial charge in [0.1, 0.15) is 12.1 Å². The summed E-state index contributed by atoms with van der Waals surface area (Å²) in [6, 6.07) is 7.45. The summed E-state index contributed by atoms with van der Waals surface area (Å²) < 4.78 is 22.6. The number of rotatable bonds is 11. The molecule has 5 N–H and O–H groups in total. The molecule has 0 spiro atoms. The SMILES string of the molecule is COC(=O)[C@@H]1CC[C@@H](O)[C@H](O)C2[C@]3(CO)[C@H]1[C@@H](OC(=O)C=C(C)C)C(=O)O[C@@H]3C[C@H]1C(C)=C(OCC(=O)NC(Cc3ccccc3)C(=O)O)C(=O)C[C@]21C. The molecule has 1 aromatic rings. The number of hydrogen-bond acceptors (Lipinski definition) is 13. The number of ketones is 1. The van der Waals surface area contributed by atoms with Crippen molar-refractivity contribution in [3.05, 3.63) is 58.9 Å². The van der Waals surface area contributed by atoms with Gasteiger partial charge in [-0.05, 0) is 62.5 Å². The summed E-state index contributed by atoms with van der Waals surface area (Å²) in [5, 5.41) is 47.1. The zero-order valence-corrected chi connectivity index (χ0v) is 31.0. The Labute approximate surface area is 312 Å². The Morgan fingerprint density at radius 2 is 1.78 bits per heavy atom. The van der Waals surface area contributed by atoms with Gasteiger partial charge in [0.25, 0.3) is 5.91 Å². The maximum atomic E-state index is 14.0. The Bertz CT molecular complexity index is 1720. The minimum Gasteiger partial charge on any atom is -0.480 e. The first-order chi connectivity index (χ1) is 25.5. The first kappa shape index (κ1) is 40.6. The van der Waals surface area contributed by atoms with Crippen LogP contribution < -0.4 is 5.32 Å². The van der Waals surface area contributed by atoms with Gasteiger partial charge >= 0.3 is 23.9 Å². The quantitative estimate of drug-likeness (QED) is 0.122. The van der Waals surface area contributed by atoms with Crippen LogP contribution >= 0.6 is 0 Å². The van der Waals surface area contributed by atoms with Gasteiger partial charge in [-0.25, -0.2) is 14.4 Å². The smallest absolute Gasteiger partial charge is 0.348 e. The maximum absolute atomic E-state index is 14.0. The molecule has 2 saturated carbocycles. The van der Waals surface area contributed by atoms with Crippen LogP contribution in [0.3, 0.4) is 0 Å². The summed E-state index contributed by atoms with van der Waals surface area (Å²) in [5.41, 5.74) is -1.39. The van der Waals surface area contributed by atoms with Crippen LogP contribution in [0.2, 0.25) is 0 Å². The number of aliphatic hydroxyl groups excluding tert-OH is 3. The number of ether oxygens (including phenoxy) is 4. The standard InChI is InChI=1S/C39H49NO14/c1-19(2)13-29(45)54-33-30-22(36(49)51-5)11-12-25(42)31(46)34-38(4)16-26(43)32(20(3)23(38)15-27(53-37(33)50)39(30,34)18-41)52-17-28(44)40-24(35(47)48)14-21-9-7-6-8-10-21/h6-10,13,22-25,27,30-31,33-34,41-42,46H,11-12,14-18H2,1-5H3,(H,40,44)(H,47,48)/t22-,23+,24?,25-,27-,30-,31+,33-,34?,38+,39+/m1/s1. The number of carbonyl (C=O) groups excluding carboxylic acids is 5. The number of allylic oxidation sites excluding steroid dienone is 3. The molecule has 15 heteroatoms. The predicted molar refractivity (Wildman–Crippen MR) is 187 cm³/mol. The summed E-state index contributed by atoms with van der Waals surface area (Å²) in [7, 11) is 1.15. The lowest BCUT2D eigenvalue weighted by Crippen LogP contribution is -2.74. The molecule has 0 aromatic heterocycles. The molecule has 0 radical (unpaired) electrons. The lowest BCUT2D eigenvalue weighted by molar-refractivity contribution is -0.285. The van der Waals surface area contributed by atoms with Crippen molar-refractivity contribution in [1.29, 1.82) is 0 Å². The third kappa shape index (κ3) is 7.40. The zero-order valence-electron chi connectivity index (χ0n) is 31.0. The van der Waals surface area contributed by atoms with E-state index in [2.05, 4.69) is 5.32 Å². The van der Waals surface area contributed by atoms with Gasteiger partial charge in [-0.15, -0.1) is 0 Å². The largest absolute Gasteiger partial charge is 0.480 e. The molecule has 1 amide bonds. The van der Waals surface area contributed by atoms with Gasteiger partial charge in [0, 0.05) is 36.2 Å². The number of carboxylic acids is 1. The molecule has 5 rings (SSSR count). The van der Waals surface area contributed by atoms with E-state index in [0.717, 1.165) is 13.2 Å². The molecule has 1 saturated heterocycles. The van der Waals surface area contributed by atoms with Crippen molar-refractivity contribution in [3.8, 4) is 0 Å². The Morgan fingerprint density at radius 1 is 1.09 bits per heavy atom. The predicted octanol–water partition coefficient (Wildman–Crippen LogP) is 1.41. The number of aliphatic carboxylic acids is 1. The van der Waals surface area contributed by atoms with E-state index in [4.69, 9.17) is 18.9 Å². The number of benzene rings is 1. The molecule has 1 heterocycles. The fourth-order valence-corrected chi connectivity index (χ4v) is 9.73. The lowest BCUT2D eigenvalue weighted by Gasteiger charge is -2.67. The molecule has 1 aliphatic heterocycles. The van der Waals surface area contributed by atoms with Gasteiger partial charge in [-0.2, -0.15) is 0 Å². The topological polar surface area (TPSA) is 232 Å². The summed E-state index contributed by atoms with van der Waals surface area (Å²) in [6.45, 7) is 5.13. The van der Waals surface area contributed by atoms with Crippen LogP contribution in [-0.2, 0) is 54.1 Å². The lowest BCUT2D eigenvalue weighted by atomic mass is 9.40. The number of carboxylic acid groups (broad SMARTS) is 1. The fraction of sp³-hybridized carbons (Fsp3) is 0.590. The Hall–Kier alpha value is -4.60. The summed E-state index contributed by atoms with van der Waals surface area (Å²) in [6.07, 6.45) is -5.35. The molecule has 4 aliphatic rings. The monoisotopic (exact) mass is 755 g/mol. The van der Waals surface area contributed by atoms with E-state index in [9.17, 15) is 49.2 Å². The number of esters is 3. The molecular weight excluding hydrogens is 706 g/mol. The third-order valence-electron chi connectivity index (χ3n) is 11.9. The van der Waals surface area contributed by atoms with Gasteiger partial charge < -0.3 is 44.7 Å². The number of methoxy groups -OCH3 is 1. The minimum absolute atomic E-state index is 0.0120.